The van der Waals surface area contributed by atoms with Gasteiger partial charge in [0.15, 0.2) is 0 Å². The quantitative estimate of drug-likeness (QED) is 0.221. The Labute approximate surface area is 268 Å². The van der Waals surface area contributed by atoms with Crippen LogP contribution in [0.4, 0.5) is 0 Å². The molecule has 2 atom stereocenters. The molecule has 2 unspecified atom stereocenters. The second-order valence-corrected chi connectivity index (χ2v) is 14.7. The molecule has 2 aliphatic carbocycles. The van der Waals surface area contributed by atoms with E-state index >= 15 is 0 Å². The first-order chi connectivity index (χ1) is 20.3. The van der Waals surface area contributed by atoms with Gasteiger partial charge in [-0.3, -0.25) is 0 Å². The second kappa shape index (κ2) is 18.0. The maximum absolute atomic E-state index is 10.4. The summed E-state index contributed by atoms with van der Waals surface area (Å²) in [5.74, 6) is 0.722. The van der Waals surface area contributed by atoms with E-state index in [2.05, 4.69) is 111 Å². The Hall–Kier alpha value is -2.15. The van der Waals surface area contributed by atoms with E-state index in [0.29, 0.717) is 22.7 Å². The first-order valence-corrected chi connectivity index (χ1v) is 17.6. The van der Waals surface area contributed by atoms with Crippen LogP contribution < -0.4 is 0 Å². The highest BCUT2D eigenvalue weighted by molar-refractivity contribution is 5.53. The third-order valence-corrected chi connectivity index (χ3v) is 9.04. The summed E-state index contributed by atoms with van der Waals surface area (Å²) in [5.41, 5.74) is 9.86. The minimum absolute atomic E-state index is 0.239. The van der Waals surface area contributed by atoms with Crippen LogP contribution in [0.3, 0.4) is 0 Å². The lowest BCUT2D eigenvalue weighted by Gasteiger charge is -2.53. The highest BCUT2D eigenvalue weighted by Gasteiger charge is 2.48. The number of benzene rings is 2. The maximum Gasteiger partial charge on any atom is 0.123 e. The van der Waals surface area contributed by atoms with E-state index in [1.807, 2.05) is 27.7 Å². The smallest absolute Gasteiger partial charge is 0.123 e. The van der Waals surface area contributed by atoms with Crippen molar-refractivity contribution in [3.63, 3.8) is 0 Å². The number of rotatable bonds is 8. The summed E-state index contributed by atoms with van der Waals surface area (Å²) in [6.07, 6.45) is 14.3. The molecule has 0 bridgehead atoms. The van der Waals surface area contributed by atoms with Crippen molar-refractivity contribution < 1.29 is 4.79 Å². The number of carbonyl (C=O) groups excluding carboxylic acids is 1. The fraction of sp³-hybridized carbons (Fsp3) is 0.643. The molecular weight excluding hydrogens is 520 g/mol. The molecule has 1 heteroatoms. The average molecular weight is 589 g/mol. The monoisotopic (exact) mass is 589 g/mol. The molecule has 0 amide bonds. The van der Waals surface area contributed by atoms with E-state index in [1.165, 1.54) is 59.9 Å². The average Bonchev–Trinajstić information content (AvgIpc) is 2.95. The lowest BCUT2D eigenvalue weighted by molar-refractivity contribution is -0.111. The number of hydrogen-bond donors (Lipinski definition) is 0. The number of fused-ring (bicyclic) bond motifs is 1. The van der Waals surface area contributed by atoms with Crippen LogP contribution in [0.25, 0.3) is 0 Å². The van der Waals surface area contributed by atoms with Crippen LogP contribution >= 0.6 is 0 Å². The van der Waals surface area contributed by atoms with E-state index in [9.17, 15) is 4.79 Å². The van der Waals surface area contributed by atoms with Gasteiger partial charge in [-0.25, -0.2) is 0 Å². The number of allylic oxidation sites excluding steroid dienone is 2. The van der Waals surface area contributed by atoms with Gasteiger partial charge in [0.05, 0.1) is 0 Å². The molecule has 2 aliphatic rings. The summed E-state index contributed by atoms with van der Waals surface area (Å²) in [6.45, 7) is 29.2. The largest absolute Gasteiger partial charge is 0.303 e. The first-order valence-electron chi connectivity index (χ1n) is 17.6. The topological polar surface area (TPSA) is 17.1 Å². The number of aryl methyl sites for hydroxylation is 2. The van der Waals surface area contributed by atoms with Crippen LogP contribution in [-0.4, -0.2) is 6.29 Å². The molecule has 2 aromatic carbocycles. The van der Waals surface area contributed by atoms with Gasteiger partial charge in [-0.1, -0.05) is 161 Å². The van der Waals surface area contributed by atoms with Crippen molar-refractivity contribution in [3.05, 3.63) is 81.9 Å². The summed E-state index contributed by atoms with van der Waals surface area (Å²) in [7, 11) is 0. The van der Waals surface area contributed by atoms with Gasteiger partial charge in [0.25, 0.3) is 0 Å². The Kier molecular flexibility index (Phi) is 16.2. The Bertz CT molecular complexity index is 1100. The summed E-state index contributed by atoms with van der Waals surface area (Å²) in [4.78, 5) is 10.4. The molecule has 0 heterocycles. The van der Waals surface area contributed by atoms with Crippen molar-refractivity contribution in [1.82, 2.24) is 0 Å². The molecule has 242 valence electrons. The van der Waals surface area contributed by atoms with Crippen LogP contribution in [0.2, 0.25) is 0 Å². The molecule has 0 aromatic heterocycles. The lowest BCUT2D eigenvalue weighted by atomic mass is 9.51. The summed E-state index contributed by atoms with van der Waals surface area (Å²) in [5, 5.41) is 0. The fourth-order valence-corrected chi connectivity index (χ4v) is 8.33. The molecule has 0 spiro atoms. The van der Waals surface area contributed by atoms with Gasteiger partial charge in [0.1, 0.15) is 6.29 Å². The second-order valence-electron chi connectivity index (χ2n) is 14.7. The van der Waals surface area contributed by atoms with Gasteiger partial charge in [-0.05, 0) is 85.3 Å². The van der Waals surface area contributed by atoms with Crippen molar-refractivity contribution >= 4 is 6.29 Å². The number of carbonyl (C=O) groups is 1. The SMILES string of the molecule is CC.CC.CCCCC(C=O)CCC.Cc1ccc(C2C(C3(C)CC(C)(C)CC(C)(C)C3)=CCc3cc(C)ccc32)cc1. The molecule has 0 radical (unpaired) electrons. The van der Waals surface area contributed by atoms with E-state index < -0.39 is 0 Å². The highest BCUT2D eigenvalue weighted by Crippen LogP contribution is 2.60. The molecule has 4 rings (SSSR count). The van der Waals surface area contributed by atoms with E-state index in [4.69, 9.17) is 0 Å². The van der Waals surface area contributed by atoms with E-state index in [1.54, 1.807) is 5.57 Å². The molecule has 0 aliphatic heterocycles. The summed E-state index contributed by atoms with van der Waals surface area (Å²) >= 11 is 0. The molecule has 0 N–H and O–H groups in total. The molecule has 43 heavy (non-hydrogen) atoms. The molecule has 1 saturated carbocycles. The number of hydrogen-bond acceptors (Lipinski definition) is 1. The normalized spacial score (nSPS) is 19.8. The van der Waals surface area contributed by atoms with Gasteiger partial charge in [-0.2, -0.15) is 0 Å². The van der Waals surface area contributed by atoms with E-state index in [0.717, 1.165) is 32.0 Å². The fourth-order valence-electron chi connectivity index (χ4n) is 8.33. The van der Waals surface area contributed by atoms with Gasteiger partial charge in [0, 0.05) is 11.8 Å². The summed E-state index contributed by atoms with van der Waals surface area (Å²) < 4.78 is 0. The maximum atomic E-state index is 10.4. The Morgan fingerprint density at radius 1 is 0.767 bits per heavy atom. The van der Waals surface area contributed by atoms with Crippen molar-refractivity contribution in [1.29, 1.82) is 0 Å². The molecular formula is C42H68O. The lowest BCUT2D eigenvalue weighted by Crippen LogP contribution is -2.42. The van der Waals surface area contributed by atoms with Gasteiger partial charge in [0.2, 0.25) is 0 Å². The molecule has 1 fully saturated rings. The van der Waals surface area contributed by atoms with Gasteiger partial charge >= 0.3 is 0 Å². The minimum atomic E-state index is 0.239. The van der Waals surface area contributed by atoms with Crippen LogP contribution in [0.15, 0.2) is 54.1 Å². The standard InChI is InChI=1S/C29H38.C9H18O.2C2H6/c1-20-8-11-22(12-9-20)26-24-14-10-21(2)16-23(24)13-15-25(26)29(7)18-27(3,4)17-28(5,6)19-29;1-3-5-7-9(8-10)6-4-2;2*1-2/h8-12,14-16,26H,13,17-19H2,1-7H3;8-9H,3-7H2,1-2H3;2*1-2H3. The van der Waals surface area contributed by atoms with Crippen LogP contribution in [0, 0.1) is 36.0 Å². The van der Waals surface area contributed by atoms with Crippen molar-refractivity contribution in [2.24, 2.45) is 22.2 Å². The first kappa shape index (κ1) is 38.9. The Morgan fingerprint density at radius 3 is 1.84 bits per heavy atom. The van der Waals surface area contributed by atoms with Crippen LogP contribution in [0.1, 0.15) is 161 Å². The zero-order valence-corrected chi connectivity index (χ0v) is 30.6. The zero-order chi connectivity index (χ0) is 32.8. The molecule has 0 saturated heterocycles. The number of aldehydes is 1. The molecule has 1 nitrogen and oxygen atoms in total. The van der Waals surface area contributed by atoms with Crippen molar-refractivity contribution in [2.75, 3.05) is 0 Å². The Morgan fingerprint density at radius 2 is 1.33 bits per heavy atom. The summed E-state index contributed by atoms with van der Waals surface area (Å²) in [6, 6.07) is 16.4. The third kappa shape index (κ3) is 11.4. The molecule has 2 aromatic rings. The van der Waals surface area contributed by atoms with Crippen LogP contribution in [-0.2, 0) is 11.2 Å². The predicted octanol–water partition coefficient (Wildman–Crippen LogP) is 13.0. The predicted molar refractivity (Wildman–Crippen MR) is 192 cm³/mol. The Balaban J connectivity index is 0.000000561. The van der Waals surface area contributed by atoms with E-state index in [-0.39, 0.29) is 5.41 Å². The zero-order valence-electron chi connectivity index (χ0n) is 30.6. The minimum Gasteiger partial charge on any atom is -0.303 e. The van der Waals surface area contributed by atoms with Crippen molar-refractivity contribution in [2.45, 2.75) is 154 Å². The van der Waals surface area contributed by atoms with Crippen LogP contribution in [0.5, 0.6) is 0 Å². The third-order valence-electron chi connectivity index (χ3n) is 9.04. The van der Waals surface area contributed by atoms with Crippen molar-refractivity contribution in [3.8, 4) is 0 Å². The van der Waals surface area contributed by atoms with Gasteiger partial charge < -0.3 is 4.79 Å². The van der Waals surface area contributed by atoms with Gasteiger partial charge in [-0.15, -0.1) is 0 Å². The number of unbranched alkanes of at least 4 members (excludes halogenated alkanes) is 1. The highest BCUT2D eigenvalue weighted by atomic mass is 16.1.